The Hall–Kier alpha value is -1.75. The number of fused-ring (bicyclic) bond motifs is 1. The average molecular weight is 330 g/mol. The molecular weight excluding hydrogens is 304 g/mol. The Morgan fingerprint density at radius 1 is 1.12 bits per heavy atom. The first-order valence-corrected chi connectivity index (χ1v) is 9.14. The number of benzene rings is 1. The van der Waals surface area contributed by atoms with Crippen molar-refractivity contribution in [2.24, 2.45) is 5.92 Å². The summed E-state index contributed by atoms with van der Waals surface area (Å²) in [7, 11) is 0. The highest BCUT2D eigenvalue weighted by Crippen LogP contribution is 2.34. The topological polar surface area (TPSA) is 42.0 Å². The lowest BCUT2D eigenvalue weighted by Gasteiger charge is -2.33. The zero-order chi connectivity index (χ0) is 16.5. The monoisotopic (exact) mass is 330 g/mol. The predicted molar refractivity (Wildman–Crippen MR) is 91.3 cm³/mol. The molecule has 5 heteroatoms. The minimum Gasteiger partial charge on any atom is -0.482 e. The number of hydrogen-bond donors (Lipinski definition) is 0. The summed E-state index contributed by atoms with van der Waals surface area (Å²) in [5, 5.41) is 0. The number of para-hydroxylation sites is 2. The van der Waals surface area contributed by atoms with E-state index in [9.17, 15) is 4.79 Å². The van der Waals surface area contributed by atoms with Gasteiger partial charge in [-0.1, -0.05) is 12.1 Å². The van der Waals surface area contributed by atoms with Crippen molar-refractivity contribution in [3.8, 4) is 11.5 Å². The third-order valence-corrected chi connectivity index (χ3v) is 5.40. The average Bonchev–Trinajstić information content (AvgIpc) is 3.26. The molecule has 130 valence electrons. The van der Waals surface area contributed by atoms with Gasteiger partial charge in [-0.15, -0.1) is 0 Å². The predicted octanol–water partition coefficient (Wildman–Crippen LogP) is 2.16. The van der Waals surface area contributed by atoms with Crippen molar-refractivity contribution in [2.45, 2.75) is 38.4 Å². The van der Waals surface area contributed by atoms with E-state index in [0.29, 0.717) is 11.7 Å². The van der Waals surface area contributed by atoms with Crippen LogP contribution in [0.25, 0.3) is 0 Å². The van der Waals surface area contributed by atoms with E-state index in [2.05, 4.69) is 4.90 Å². The van der Waals surface area contributed by atoms with Crippen LogP contribution >= 0.6 is 0 Å². The maximum atomic E-state index is 12.9. The fourth-order valence-corrected chi connectivity index (χ4v) is 4.08. The minimum atomic E-state index is -0.537. The summed E-state index contributed by atoms with van der Waals surface area (Å²) in [6.07, 6.45) is 2.94. The summed E-state index contributed by atoms with van der Waals surface area (Å²) in [4.78, 5) is 17.4. The molecule has 0 aromatic heterocycles. The molecule has 2 fully saturated rings. The molecule has 0 saturated carbocycles. The number of likely N-dealkylation sites (tertiary alicyclic amines) is 2. The van der Waals surface area contributed by atoms with Crippen LogP contribution in [0, 0.1) is 5.92 Å². The first kappa shape index (κ1) is 15.8. The maximum Gasteiger partial charge on any atom is 0.267 e. The lowest BCUT2D eigenvalue weighted by Crippen LogP contribution is -2.50. The van der Waals surface area contributed by atoms with E-state index in [-0.39, 0.29) is 12.0 Å². The molecule has 1 amide bonds. The molecule has 1 aromatic carbocycles. The SMILES string of the molecule is C[C@@H]1Oc2ccccc2O[C@H]1C(=O)N1CC[C@H](CN2CCCC2)C1. The first-order valence-electron chi connectivity index (χ1n) is 9.14. The lowest BCUT2D eigenvalue weighted by molar-refractivity contribution is -0.143. The molecule has 4 rings (SSSR count). The van der Waals surface area contributed by atoms with Gasteiger partial charge in [0, 0.05) is 19.6 Å². The third-order valence-electron chi connectivity index (χ3n) is 5.40. The normalized spacial score (nSPS) is 29.9. The van der Waals surface area contributed by atoms with Gasteiger partial charge in [-0.3, -0.25) is 4.79 Å². The second-order valence-electron chi connectivity index (χ2n) is 7.25. The molecule has 5 nitrogen and oxygen atoms in total. The molecular formula is C19H26N2O3. The van der Waals surface area contributed by atoms with E-state index >= 15 is 0 Å². The summed E-state index contributed by atoms with van der Waals surface area (Å²) in [5.74, 6) is 2.06. The Morgan fingerprint density at radius 3 is 2.58 bits per heavy atom. The Morgan fingerprint density at radius 2 is 1.83 bits per heavy atom. The molecule has 3 aliphatic heterocycles. The van der Waals surface area contributed by atoms with E-state index in [1.165, 1.54) is 25.9 Å². The highest BCUT2D eigenvalue weighted by Gasteiger charge is 2.39. The van der Waals surface area contributed by atoms with Gasteiger partial charge >= 0.3 is 0 Å². The highest BCUT2D eigenvalue weighted by molar-refractivity contribution is 5.82. The summed E-state index contributed by atoms with van der Waals surface area (Å²) in [6.45, 7) is 7.17. The van der Waals surface area contributed by atoms with E-state index in [1.54, 1.807) is 0 Å². The van der Waals surface area contributed by atoms with Crippen LogP contribution in [0.15, 0.2) is 24.3 Å². The van der Waals surface area contributed by atoms with E-state index in [0.717, 1.165) is 31.8 Å². The minimum absolute atomic E-state index is 0.0703. The van der Waals surface area contributed by atoms with Crippen LogP contribution in [-0.4, -0.2) is 60.6 Å². The fraction of sp³-hybridized carbons (Fsp3) is 0.632. The molecule has 0 N–H and O–H groups in total. The second-order valence-corrected chi connectivity index (χ2v) is 7.25. The number of amides is 1. The van der Waals surface area contributed by atoms with Crippen LogP contribution in [0.2, 0.25) is 0 Å². The van der Waals surface area contributed by atoms with Crippen molar-refractivity contribution < 1.29 is 14.3 Å². The van der Waals surface area contributed by atoms with Crippen LogP contribution in [0.3, 0.4) is 0 Å². The van der Waals surface area contributed by atoms with Crippen LogP contribution in [-0.2, 0) is 4.79 Å². The Bertz CT molecular complexity index is 600. The maximum absolute atomic E-state index is 12.9. The lowest BCUT2D eigenvalue weighted by atomic mass is 10.1. The molecule has 0 spiro atoms. The summed E-state index contributed by atoms with van der Waals surface area (Å²) >= 11 is 0. The van der Waals surface area contributed by atoms with E-state index in [4.69, 9.17) is 9.47 Å². The molecule has 0 radical (unpaired) electrons. The van der Waals surface area contributed by atoms with Gasteiger partial charge in [-0.05, 0) is 57.3 Å². The highest BCUT2D eigenvalue weighted by atomic mass is 16.6. The molecule has 24 heavy (non-hydrogen) atoms. The molecule has 1 aromatic rings. The van der Waals surface area contributed by atoms with Crippen molar-refractivity contribution in [3.63, 3.8) is 0 Å². The fourth-order valence-electron chi connectivity index (χ4n) is 4.08. The van der Waals surface area contributed by atoms with Crippen LogP contribution < -0.4 is 9.47 Å². The van der Waals surface area contributed by atoms with Gasteiger partial charge in [0.25, 0.3) is 5.91 Å². The number of nitrogens with zero attached hydrogens (tertiary/aromatic N) is 2. The smallest absolute Gasteiger partial charge is 0.267 e. The first-order chi connectivity index (χ1) is 11.7. The van der Waals surface area contributed by atoms with Crippen molar-refractivity contribution in [2.75, 3.05) is 32.7 Å². The van der Waals surface area contributed by atoms with E-state index < -0.39 is 6.10 Å². The molecule has 3 aliphatic rings. The Kier molecular flexibility index (Phi) is 4.35. The van der Waals surface area contributed by atoms with Gasteiger partial charge < -0.3 is 19.3 Å². The number of carbonyl (C=O) groups excluding carboxylic acids is 1. The van der Waals surface area contributed by atoms with Crippen LogP contribution in [0.4, 0.5) is 0 Å². The molecule has 2 saturated heterocycles. The number of rotatable bonds is 3. The molecule has 3 heterocycles. The summed E-state index contributed by atoms with van der Waals surface area (Å²) in [6, 6.07) is 7.57. The van der Waals surface area contributed by atoms with Crippen molar-refractivity contribution in [3.05, 3.63) is 24.3 Å². The van der Waals surface area contributed by atoms with Gasteiger partial charge in [-0.2, -0.15) is 0 Å². The number of ether oxygens (including phenoxy) is 2. The second kappa shape index (κ2) is 6.63. The molecule has 0 aliphatic carbocycles. The van der Waals surface area contributed by atoms with E-state index in [1.807, 2.05) is 36.1 Å². The molecule has 0 unspecified atom stereocenters. The molecule has 3 atom stereocenters. The van der Waals surface area contributed by atoms with Gasteiger partial charge in [0.2, 0.25) is 6.10 Å². The third kappa shape index (κ3) is 3.09. The van der Waals surface area contributed by atoms with Crippen molar-refractivity contribution in [1.82, 2.24) is 9.80 Å². The van der Waals surface area contributed by atoms with Gasteiger partial charge in [0.05, 0.1) is 0 Å². The van der Waals surface area contributed by atoms with Gasteiger partial charge in [-0.25, -0.2) is 0 Å². The number of carbonyl (C=O) groups is 1. The Balaban J connectivity index is 1.37. The van der Waals surface area contributed by atoms with Crippen molar-refractivity contribution >= 4 is 5.91 Å². The standard InChI is InChI=1S/C19H26N2O3/c1-14-18(24-17-7-3-2-6-16(17)23-14)19(22)21-11-8-15(13-21)12-20-9-4-5-10-20/h2-3,6-7,14-15,18H,4-5,8-13H2,1H3/t14-,15+,18+/m0/s1. The quantitative estimate of drug-likeness (QED) is 0.852. The molecule has 0 bridgehead atoms. The van der Waals surface area contributed by atoms with Crippen LogP contribution in [0.5, 0.6) is 11.5 Å². The summed E-state index contributed by atoms with van der Waals surface area (Å²) in [5.41, 5.74) is 0. The van der Waals surface area contributed by atoms with Gasteiger partial charge in [0.15, 0.2) is 11.5 Å². The zero-order valence-corrected chi connectivity index (χ0v) is 14.3. The largest absolute Gasteiger partial charge is 0.482 e. The Labute approximate surface area is 143 Å². The van der Waals surface area contributed by atoms with Crippen LogP contribution in [0.1, 0.15) is 26.2 Å². The zero-order valence-electron chi connectivity index (χ0n) is 14.3. The van der Waals surface area contributed by atoms with Crippen molar-refractivity contribution in [1.29, 1.82) is 0 Å². The van der Waals surface area contributed by atoms with Gasteiger partial charge in [0.1, 0.15) is 6.10 Å². The summed E-state index contributed by atoms with van der Waals surface area (Å²) < 4.78 is 11.8. The number of hydrogen-bond acceptors (Lipinski definition) is 4.